The first-order chi connectivity index (χ1) is 10.6. The lowest BCUT2D eigenvalue weighted by Crippen LogP contribution is -2.41. The minimum absolute atomic E-state index is 0.383. The highest BCUT2D eigenvalue weighted by atomic mass is 32.1. The number of rotatable bonds is 4. The summed E-state index contributed by atoms with van der Waals surface area (Å²) in [6.07, 6.45) is -1.20. The second-order valence-corrected chi connectivity index (χ2v) is 5.19. The number of ether oxygens (including phenoxy) is 1. The number of amides is 3. The topological polar surface area (TPSA) is 84.5 Å². The molecule has 0 unspecified atom stereocenters. The lowest BCUT2D eigenvalue weighted by atomic mass is 10.1. The quantitative estimate of drug-likeness (QED) is 0.846. The summed E-state index contributed by atoms with van der Waals surface area (Å²) in [6, 6.07) is 11.2. The summed E-state index contributed by atoms with van der Waals surface area (Å²) < 4.78 is 5.27. The standard InChI is InChI=1S/C15H14N2O4S/c1-16-15(20)17-13(18)12(10-6-3-2-4-7-10)21-14(19)11-8-5-9-22-11/h2-9,12H,1H3,(H2,16,17,18,20)/t12-/m1/s1. The molecule has 22 heavy (non-hydrogen) atoms. The van der Waals surface area contributed by atoms with Gasteiger partial charge < -0.3 is 10.1 Å². The Morgan fingerprint density at radius 1 is 1.09 bits per heavy atom. The summed E-state index contributed by atoms with van der Waals surface area (Å²) in [7, 11) is 1.39. The van der Waals surface area contributed by atoms with Gasteiger partial charge in [-0.15, -0.1) is 11.3 Å². The fourth-order valence-electron chi connectivity index (χ4n) is 1.70. The van der Waals surface area contributed by atoms with Crippen LogP contribution in [0.15, 0.2) is 47.8 Å². The van der Waals surface area contributed by atoms with Gasteiger partial charge in [0, 0.05) is 12.6 Å². The smallest absolute Gasteiger partial charge is 0.349 e. The molecule has 114 valence electrons. The minimum Gasteiger partial charge on any atom is -0.443 e. The molecule has 1 heterocycles. The molecule has 0 aliphatic heterocycles. The Morgan fingerprint density at radius 3 is 2.41 bits per heavy atom. The summed E-state index contributed by atoms with van der Waals surface area (Å²) in [5, 5.41) is 6.12. The average molecular weight is 318 g/mol. The van der Waals surface area contributed by atoms with Crippen molar-refractivity contribution in [1.29, 1.82) is 0 Å². The third-order valence-electron chi connectivity index (χ3n) is 2.75. The van der Waals surface area contributed by atoms with Crippen molar-refractivity contribution in [1.82, 2.24) is 10.6 Å². The van der Waals surface area contributed by atoms with Crippen molar-refractivity contribution >= 4 is 29.2 Å². The first-order valence-corrected chi connectivity index (χ1v) is 7.32. The molecular weight excluding hydrogens is 304 g/mol. The van der Waals surface area contributed by atoms with Gasteiger partial charge in [-0.25, -0.2) is 9.59 Å². The fraction of sp³-hybridized carbons (Fsp3) is 0.133. The van der Waals surface area contributed by atoms with Crippen LogP contribution in [0.3, 0.4) is 0 Å². The maximum absolute atomic E-state index is 12.2. The summed E-state index contributed by atoms with van der Waals surface area (Å²) in [6.45, 7) is 0. The van der Waals surface area contributed by atoms with Gasteiger partial charge in [0.25, 0.3) is 5.91 Å². The molecule has 0 aliphatic rings. The molecule has 1 atom stereocenters. The number of nitrogens with one attached hydrogen (secondary N) is 2. The van der Waals surface area contributed by atoms with E-state index in [4.69, 9.17) is 4.74 Å². The molecule has 0 radical (unpaired) electrons. The van der Waals surface area contributed by atoms with Crippen LogP contribution in [0.5, 0.6) is 0 Å². The number of imide groups is 1. The van der Waals surface area contributed by atoms with Gasteiger partial charge >= 0.3 is 12.0 Å². The van der Waals surface area contributed by atoms with E-state index < -0.39 is 24.0 Å². The van der Waals surface area contributed by atoms with Crippen LogP contribution in [0.2, 0.25) is 0 Å². The average Bonchev–Trinajstić information content (AvgIpc) is 3.07. The monoisotopic (exact) mass is 318 g/mol. The predicted molar refractivity (Wildman–Crippen MR) is 81.5 cm³/mol. The first-order valence-electron chi connectivity index (χ1n) is 6.44. The summed E-state index contributed by atoms with van der Waals surface area (Å²) in [5.41, 5.74) is 0.480. The third kappa shape index (κ3) is 3.92. The first kappa shape index (κ1) is 15.7. The molecule has 2 N–H and O–H groups in total. The van der Waals surface area contributed by atoms with E-state index in [-0.39, 0.29) is 0 Å². The Hall–Kier alpha value is -2.67. The predicted octanol–water partition coefficient (Wildman–Crippen LogP) is 2.10. The van der Waals surface area contributed by atoms with Crippen molar-refractivity contribution < 1.29 is 19.1 Å². The number of esters is 1. The van der Waals surface area contributed by atoms with Crippen LogP contribution in [-0.4, -0.2) is 25.0 Å². The maximum atomic E-state index is 12.2. The van der Waals surface area contributed by atoms with E-state index in [0.29, 0.717) is 10.4 Å². The minimum atomic E-state index is -1.20. The number of benzene rings is 1. The molecule has 0 bridgehead atoms. The van der Waals surface area contributed by atoms with Gasteiger partial charge in [0.2, 0.25) is 6.10 Å². The fourth-order valence-corrected chi connectivity index (χ4v) is 2.31. The van der Waals surface area contributed by atoms with Crippen LogP contribution < -0.4 is 10.6 Å². The van der Waals surface area contributed by atoms with Crippen molar-refractivity contribution in [3.63, 3.8) is 0 Å². The summed E-state index contributed by atoms with van der Waals surface area (Å²) >= 11 is 1.21. The number of carbonyl (C=O) groups excluding carboxylic acids is 3. The molecule has 6 nitrogen and oxygen atoms in total. The van der Waals surface area contributed by atoms with Crippen LogP contribution in [0.4, 0.5) is 4.79 Å². The van der Waals surface area contributed by atoms with Crippen molar-refractivity contribution in [3.05, 3.63) is 58.3 Å². The van der Waals surface area contributed by atoms with Crippen LogP contribution in [0.25, 0.3) is 0 Å². The van der Waals surface area contributed by atoms with E-state index in [9.17, 15) is 14.4 Å². The molecule has 2 rings (SSSR count). The number of urea groups is 1. The van der Waals surface area contributed by atoms with Crippen molar-refractivity contribution in [2.24, 2.45) is 0 Å². The largest absolute Gasteiger partial charge is 0.443 e. The van der Waals surface area contributed by atoms with E-state index >= 15 is 0 Å². The molecule has 1 aromatic carbocycles. The highest BCUT2D eigenvalue weighted by Crippen LogP contribution is 2.21. The van der Waals surface area contributed by atoms with Gasteiger partial charge in [-0.2, -0.15) is 0 Å². The number of carbonyl (C=O) groups is 3. The van der Waals surface area contributed by atoms with Crippen molar-refractivity contribution in [2.45, 2.75) is 6.10 Å². The number of hydrogen-bond acceptors (Lipinski definition) is 5. The Morgan fingerprint density at radius 2 is 1.82 bits per heavy atom. The maximum Gasteiger partial charge on any atom is 0.349 e. The normalized spacial score (nSPS) is 11.3. The van der Waals surface area contributed by atoms with Gasteiger partial charge in [-0.1, -0.05) is 36.4 Å². The van der Waals surface area contributed by atoms with E-state index in [2.05, 4.69) is 10.6 Å². The van der Waals surface area contributed by atoms with Crippen LogP contribution in [0.1, 0.15) is 21.3 Å². The van der Waals surface area contributed by atoms with Crippen molar-refractivity contribution in [2.75, 3.05) is 7.05 Å². The van der Waals surface area contributed by atoms with Crippen LogP contribution >= 0.6 is 11.3 Å². The van der Waals surface area contributed by atoms with Gasteiger partial charge in [0.1, 0.15) is 4.88 Å². The van der Waals surface area contributed by atoms with E-state index in [1.807, 2.05) is 0 Å². The second-order valence-electron chi connectivity index (χ2n) is 4.24. The molecule has 0 saturated carbocycles. The highest BCUT2D eigenvalue weighted by molar-refractivity contribution is 7.11. The zero-order chi connectivity index (χ0) is 15.9. The molecule has 2 aromatic rings. The summed E-state index contributed by atoms with van der Waals surface area (Å²) in [4.78, 5) is 35.9. The molecule has 0 saturated heterocycles. The van der Waals surface area contributed by atoms with E-state index in [1.54, 1.807) is 47.8 Å². The Kier molecular flexibility index (Phi) is 5.26. The van der Waals surface area contributed by atoms with Gasteiger partial charge in [-0.3, -0.25) is 10.1 Å². The van der Waals surface area contributed by atoms with Crippen LogP contribution in [-0.2, 0) is 9.53 Å². The lowest BCUT2D eigenvalue weighted by molar-refractivity contribution is -0.129. The lowest BCUT2D eigenvalue weighted by Gasteiger charge is -2.17. The molecular formula is C15H14N2O4S. The Labute approximate surface area is 131 Å². The van der Waals surface area contributed by atoms with Crippen LogP contribution in [0, 0.1) is 0 Å². The Bertz CT molecular complexity index is 655. The zero-order valence-corrected chi connectivity index (χ0v) is 12.6. The highest BCUT2D eigenvalue weighted by Gasteiger charge is 2.27. The molecule has 0 spiro atoms. The number of hydrogen-bond donors (Lipinski definition) is 2. The third-order valence-corrected chi connectivity index (χ3v) is 3.60. The van der Waals surface area contributed by atoms with Gasteiger partial charge in [0.05, 0.1) is 0 Å². The molecule has 7 heteroatoms. The van der Waals surface area contributed by atoms with Crippen molar-refractivity contribution in [3.8, 4) is 0 Å². The summed E-state index contributed by atoms with van der Waals surface area (Å²) in [5.74, 6) is -1.33. The van der Waals surface area contributed by atoms with E-state index in [1.165, 1.54) is 18.4 Å². The van der Waals surface area contributed by atoms with Gasteiger partial charge in [0.15, 0.2) is 0 Å². The molecule has 1 aromatic heterocycles. The van der Waals surface area contributed by atoms with Gasteiger partial charge in [-0.05, 0) is 11.4 Å². The second kappa shape index (κ2) is 7.37. The molecule has 0 fully saturated rings. The number of thiophene rings is 1. The molecule has 0 aliphatic carbocycles. The zero-order valence-electron chi connectivity index (χ0n) is 11.7. The SMILES string of the molecule is CNC(=O)NC(=O)[C@H](OC(=O)c1cccs1)c1ccccc1. The molecule has 3 amide bonds. The van der Waals surface area contributed by atoms with E-state index in [0.717, 1.165) is 0 Å². The Balaban J connectivity index is 2.20.